The van der Waals surface area contributed by atoms with E-state index in [0.717, 1.165) is 12.0 Å². The van der Waals surface area contributed by atoms with Gasteiger partial charge in [-0.15, -0.1) is 0 Å². The Bertz CT molecular complexity index is 471. The topological polar surface area (TPSA) is 66.4 Å². The number of rotatable bonds is 5. The van der Waals surface area contributed by atoms with E-state index in [-0.39, 0.29) is 11.9 Å². The molecule has 20 heavy (non-hydrogen) atoms. The molecule has 0 saturated heterocycles. The van der Waals surface area contributed by atoms with Crippen LogP contribution in [0.5, 0.6) is 0 Å². The molecule has 0 spiro atoms. The van der Waals surface area contributed by atoms with Gasteiger partial charge in [-0.1, -0.05) is 13.3 Å². The van der Waals surface area contributed by atoms with Crippen LogP contribution in [0.15, 0.2) is 16.8 Å². The average molecular weight is 295 g/mol. The predicted octanol–water partition coefficient (Wildman–Crippen LogP) is 3.06. The van der Waals surface area contributed by atoms with Gasteiger partial charge in [-0.05, 0) is 48.1 Å². The molecule has 4 atom stereocenters. The molecule has 1 saturated carbocycles. The van der Waals surface area contributed by atoms with Crippen LogP contribution >= 0.6 is 11.3 Å². The third kappa shape index (κ3) is 3.20. The Hall–Kier alpha value is -1.36. The highest BCUT2D eigenvalue weighted by Gasteiger charge is 2.42. The van der Waals surface area contributed by atoms with Crippen LogP contribution in [0.4, 0.5) is 0 Å². The van der Waals surface area contributed by atoms with Crippen molar-refractivity contribution < 1.29 is 14.7 Å². The number of amides is 1. The van der Waals surface area contributed by atoms with E-state index in [1.807, 2.05) is 23.8 Å². The molecule has 1 aromatic heterocycles. The molecule has 0 aliphatic heterocycles. The molecule has 1 aliphatic rings. The molecular formula is C15H21NO3S. The van der Waals surface area contributed by atoms with Crippen LogP contribution in [0.25, 0.3) is 0 Å². The van der Waals surface area contributed by atoms with Crippen LogP contribution in [0, 0.1) is 17.8 Å². The van der Waals surface area contributed by atoms with Crippen molar-refractivity contribution in [2.45, 2.75) is 39.2 Å². The molecule has 0 radical (unpaired) electrons. The highest BCUT2D eigenvalue weighted by Crippen LogP contribution is 2.38. The van der Waals surface area contributed by atoms with Gasteiger partial charge in [0.05, 0.1) is 17.9 Å². The van der Waals surface area contributed by atoms with Crippen molar-refractivity contribution in [2.75, 3.05) is 0 Å². The van der Waals surface area contributed by atoms with Gasteiger partial charge in [0.25, 0.3) is 0 Å². The van der Waals surface area contributed by atoms with Crippen LogP contribution in [-0.4, -0.2) is 17.0 Å². The lowest BCUT2D eigenvalue weighted by Gasteiger charge is -2.19. The summed E-state index contributed by atoms with van der Waals surface area (Å²) >= 11 is 1.59. The second kappa shape index (κ2) is 6.39. The number of nitrogens with one attached hydrogen (secondary N) is 1. The Kier molecular flexibility index (Phi) is 4.81. The van der Waals surface area contributed by atoms with Gasteiger partial charge in [0.15, 0.2) is 0 Å². The van der Waals surface area contributed by atoms with Gasteiger partial charge >= 0.3 is 5.97 Å². The first-order chi connectivity index (χ1) is 9.52. The number of carbonyl (C=O) groups excluding carboxylic acids is 1. The summed E-state index contributed by atoms with van der Waals surface area (Å²) in [5, 5.41) is 16.2. The second-order valence-corrected chi connectivity index (χ2v) is 6.36. The van der Waals surface area contributed by atoms with Gasteiger partial charge < -0.3 is 10.4 Å². The second-order valence-electron chi connectivity index (χ2n) is 5.58. The van der Waals surface area contributed by atoms with Gasteiger partial charge in [0.2, 0.25) is 5.91 Å². The summed E-state index contributed by atoms with van der Waals surface area (Å²) in [6.07, 6.45) is 2.25. The van der Waals surface area contributed by atoms with Gasteiger partial charge in [0, 0.05) is 0 Å². The summed E-state index contributed by atoms with van der Waals surface area (Å²) < 4.78 is 0. The lowest BCUT2D eigenvalue weighted by atomic mass is 9.95. The largest absolute Gasteiger partial charge is 0.481 e. The van der Waals surface area contributed by atoms with Gasteiger partial charge in [-0.2, -0.15) is 11.3 Å². The quantitative estimate of drug-likeness (QED) is 0.877. The van der Waals surface area contributed by atoms with Crippen molar-refractivity contribution in [1.82, 2.24) is 5.32 Å². The molecule has 110 valence electrons. The number of aliphatic carboxylic acids is 1. The number of hydrogen-bond acceptors (Lipinski definition) is 3. The summed E-state index contributed by atoms with van der Waals surface area (Å²) in [7, 11) is 0. The zero-order chi connectivity index (χ0) is 14.7. The van der Waals surface area contributed by atoms with Crippen molar-refractivity contribution in [3.63, 3.8) is 0 Å². The number of carboxylic acid groups (broad SMARTS) is 1. The number of carboxylic acids is 1. The molecule has 2 unspecified atom stereocenters. The maximum Gasteiger partial charge on any atom is 0.307 e. The number of hydrogen-bond donors (Lipinski definition) is 2. The van der Waals surface area contributed by atoms with Crippen molar-refractivity contribution in [3.05, 3.63) is 22.4 Å². The third-order valence-electron chi connectivity index (χ3n) is 4.29. The SMILES string of the molecule is CCC1C[C@H](C(=O)NC(C)c2ccsc2)[C@H](C(=O)O)C1. The Morgan fingerprint density at radius 3 is 2.70 bits per heavy atom. The Balaban J connectivity index is 2.02. The third-order valence-corrected chi connectivity index (χ3v) is 4.99. The molecule has 5 heteroatoms. The average Bonchev–Trinajstić information content (AvgIpc) is 3.07. The minimum Gasteiger partial charge on any atom is -0.481 e. The molecule has 0 bridgehead atoms. The maximum atomic E-state index is 12.4. The van der Waals surface area contributed by atoms with Crippen molar-refractivity contribution in [3.8, 4) is 0 Å². The standard InChI is InChI=1S/C15H21NO3S/c1-3-10-6-12(13(7-10)15(18)19)14(17)16-9(2)11-4-5-20-8-11/h4-5,8-10,12-13H,3,6-7H2,1-2H3,(H,16,17)(H,18,19)/t9?,10?,12-,13+/m0/s1. The minimum atomic E-state index is -0.843. The Morgan fingerprint density at radius 1 is 1.45 bits per heavy atom. The van der Waals surface area contributed by atoms with Crippen molar-refractivity contribution >= 4 is 23.2 Å². The fourth-order valence-electron chi connectivity index (χ4n) is 2.96. The van der Waals surface area contributed by atoms with Crippen LogP contribution in [0.2, 0.25) is 0 Å². The fraction of sp³-hybridized carbons (Fsp3) is 0.600. The first kappa shape index (κ1) is 15.0. The number of carbonyl (C=O) groups is 2. The Labute approximate surface area is 123 Å². The van der Waals surface area contributed by atoms with E-state index in [4.69, 9.17) is 0 Å². The molecule has 1 amide bonds. The number of thiophene rings is 1. The summed E-state index contributed by atoms with van der Waals surface area (Å²) in [6.45, 7) is 3.99. The molecule has 1 aromatic rings. The lowest BCUT2D eigenvalue weighted by molar-refractivity contribution is -0.146. The van der Waals surface area contributed by atoms with Gasteiger partial charge in [0.1, 0.15) is 0 Å². The summed E-state index contributed by atoms with van der Waals surface area (Å²) in [5.41, 5.74) is 1.07. The molecule has 1 fully saturated rings. The molecule has 2 N–H and O–H groups in total. The highest BCUT2D eigenvalue weighted by atomic mass is 32.1. The fourth-order valence-corrected chi connectivity index (χ4v) is 3.72. The normalized spacial score (nSPS) is 27.2. The van der Waals surface area contributed by atoms with Crippen LogP contribution < -0.4 is 5.32 Å². The zero-order valence-corrected chi connectivity index (χ0v) is 12.7. The minimum absolute atomic E-state index is 0.0659. The molecule has 4 nitrogen and oxygen atoms in total. The van der Waals surface area contributed by atoms with E-state index in [1.54, 1.807) is 11.3 Å². The molecule has 1 heterocycles. The van der Waals surface area contributed by atoms with Crippen molar-refractivity contribution in [2.24, 2.45) is 17.8 Å². The monoisotopic (exact) mass is 295 g/mol. The molecule has 1 aliphatic carbocycles. The van der Waals surface area contributed by atoms with Gasteiger partial charge in [-0.25, -0.2) is 0 Å². The van der Waals surface area contributed by atoms with E-state index in [0.29, 0.717) is 18.8 Å². The van der Waals surface area contributed by atoms with Crippen LogP contribution in [0.3, 0.4) is 0 Å². The van der Waals surface area contributed by atoms with E-state index in [9.17, 15) is 14.7 Å². The lowest BCUT2D eigenvalue weighted by Crippen LogP contribution is -2.36. The van der Waals surface area contributed by atoms with Crippen molar-refractivity contribution in [1.29, 1.82) is 0 Å². The molecule has 2 rings (SSSR count). The first-order valence-corrected chi connectivity index (χ1v) is 8.02. The first-order valence-electron chi connectivity index (χ1n) is 7.08. The Morgan fingerprint density at radius 2 is 2.15 bits per heavy atom. The summed E-state index contributed by atoms with van der Waals surface area (Å²) in [4.78, 5) is 23.7. The molecule has 0 aromatic carbocycles. The molecular weight excluding hydrogens is 274 g/mol. The smallest absolute Gasteiger partial charge is 0.307 e. The van der Waals surface area contributed by atoms with E-state index >= 15 is 0 Å². The van der Waals surface area contributed by atoms with Crippen LogP contribution in [0.1, 0.15) is 44.7 Å². The highest BCUT2D eigenvalue weighted by molar-refractivity contribution is 7.07. The summed E-state index contributed by atoms with van der Waals surface area (Å²) in [6, 6.07) is 1.91. The summed E-state index contributed by atoms with van der Waals surface area (Å²) in [5.74, 6) is -1.53. The maximum absolute atomic E-state index is 12.4. The van der Waals surface area contributed by atoms with Crippen LogP contribution in [-0.2, 0) is 9.59 Å². The van der Waals surface area contributed by atoms with Gasteiger partial charge in [-0.3, -0.25) is 9.59 Å². The predicted molar refractivity (Wildman–Crippen MR) is 78.5 cm³/mol. The van der Waals surface area contributed by atoms with E-state index < -0.39 is 17.8 Å². The van der Waals surface area contributed by atoms with E-state index in [2.05, 4.69) is 12.2 Å². The zero-order valence-electron chi connectivity index (χ0n) is 11.8. The van der Waals surface area contributed by atoms with E-state index in [1.165, 1.54) is 0 Å².